The van der Waals surface area contributed by atoms with E-state index >= 15 is 0 Å². The average Bonchev–Trinajstić information content (AvgIpc) is 2.96. The molecule has 3 nitrogen and oxygen atoms in total. The molecule has 0 bridgehead atoms. The predicted octanol–water partition coefficient (Wildman–Crippen LogP) is 3.49. The van der Waals surface area contributed by atoms with Crippen LogP contribution in [0.3, 0.4) is 0 Å². The Kier molecular flexibility index (Phi) is 3.66. The van der Waals surface area contributed by atoms with Gasteiger partial charge in [0.2, 0.25) is 0 Å². The van der Waals surface area contributed by atoms with Crippen LogP contribution in [0, 0.1) is 5.82 Å². The topological polar surface area (TPSA) is 47.0 Å². The Balaban J connectivity index is 1.99. The highest BCUT2D eigenvalue weighted by molar-refractivity contribution is 7.90. The zero-order valence-electron chi connectivity index (χ0n) is 12.0. The number of rotatable bonds is 3. The molecule has 0 saturated heterocycles. The largest absolute Gasteiger partial charge is 0.253 e. The third-order valence-electron chi connectivity index (χ3n) is 3.54. The van der Waals surface area contributed by atoms with E-state index in [2.05, 4.69) is 4.98 Å². The van der Waals surface area contributed by atoms with E-state index in [0.717, 1.165) is 16.7 Å². The third kappa shape index (κ3) is 2.72. The van der Waals surface area contributed by atoms with E-state index in [1.807, 2.05) is 12.2 Å². The zero-order valence-corrected chi connectivity index (χ0v) is 12.8. The van der Waals surface area contributed by atoms with Gasteiger partial charge in [0, 0.05) is 18.0 Å². The van der Waals surface area contributed by atoms with Gasteiger partial charge in [-0.1, -0.05) is 24.3 Å². The Morgan fingerprint density at radius 3 is 2.36 bits per heavy atom. The monoisotopic (exact) mass is 315 g/mol. The number of allylic oxidation sites excluding steroid dienone is 4. The normalized spacial score (nSPS) is 14.6. The molecule has 22 heavy (non-hydrogen) atoms. The summed E-state index contributed by atoms with van der Waals surface area (Å²) in [5.74, 6) is -0.366. The minimum Gasteiger partial charge on any atom is -0.253 e. The van der Waals surface area contributed by atoms with Crippen LogP contribution < -0.4 is 0 Å². The lowest BCUT2D eigenvalue weighted by atomic mass is 9.98. The summed E-state index contributed by atoms with van der Waals surface area (Å²) in [4.78, 5) is 4.38. The van der Waals surface area contributed by atoms with Crippen molar-refractivity contribution >= 4 is 21.0 Å². The molecule has 1 aliphatic carbocycles. The molecule has 0 atom stereocenters. The molecule has 0 unspecified atom stereocenters. The smallest absolute Gasteiger partial charge is 0.175 e. The fourth-order valence-electron chi connectivity index (χ4n) is 2.48. The van der Waals surface area contributed by atoms with Crippen molar-refractivity contribution in [2.45, 2.75) is 11.3 Å². The highest BCUT2D eigenvalue weighted by atomic mass is 32.2. The van der Waals surface area contributed by atoms with Gasteiger partial charge in [-0.2, -0.15) is 0 Å². The molecule has 0 spiro atoms. The molecule has 2 aromatic rings. The SMILES string of the molecule is CS(=O)(=O)c1ccc(C2=CCC=C2c2ncccc2F)cc1. The van der Waals surface area contributed by atoms with Crippen molar-refractivity contribution in [3.63, 3.8) is 0 Å². The average molecular weight is 315 g/mol. The molecule has 0 aliphatic heterocycles. The van der Waals surface area contributed by atoms with Gasteiger partial charge in [-0.25, -0.2) is 12.8 Å². The molecule has 0 amide bonds. The molecule has 1 heterocycles. The first-order chi connectivity index (χ1) is 10.5. The molecule has 1 aromatic heterocycles. The molecule has 5 heteroatoms. The second-order valence-corrected chi connectivity index (χ2v) is 7.12. The van der Waals surface area contributed by atoms with Gasteiger partial charge in [-0.15, -0.1) is 0 Å². The van der Waals surface area contributed by atoms with Crippen LogP contribution >= 0.6 is 0 Å². The zero-order chi connectivity index (χ0) is 15.7. The summed E-state index contributed by atoms with van der Waals surface area (Å²) in [6.45, 7) is 0. The predicted molar refractivity (Wildman–Crippen MR) is 84.3 cm³/mol. The Bertz CT molecular complexity index is 881. The summed E-state index contributed by atoms with van der Waals surface area (Å²) in [5.41, 5.74) is 2.78. The standard InChI is InChI=1S/C17H14FNO2S/c1-22(20,21)13-9-7-12(8-10-13)14-4-2-5-15(14)17-16(18)6-3-11-19-17/h3-11H,2H2,1H3. The van der Waals surface area contributed by atoms with Crippen molar-refractivity contribution in [1.29, 1.82) is 0 Å². The van der Waals surface area contributed by atoms with Crippen molar-refractivity contribution in [2.24, 2.45) is 0 Å². The van der Waals surface area contributed by atoms with E-state index in [4.69, 9.17) is 0 Å². The quantitative estimate of drug-likeness (QED) is 0.871. The van der Waals surface area contributed by atoms with Gasteiger partial charge in [0.25, 0.3) is 0 Å². The Labute approximate surface area is 128 Å². The van der Waals surface area contributed by atoms with E-state index in [-0.39, 0.29) is 10.7 Å². The number of hydrogen-bond donors (Lipinski definition) is 0. The second-order valence-electron chi connectivity index (χ2n) is 5.10. The summed E-state index contributed by atoms with van der Waals surface area (Å²) >= 11 is 0. The van der Waals surface area contributed by atoms with Crippen LogP contribution in [0.1, 0.15) is 17.7 Å². The first-order valence-corrected chi connectivity index (χ1v) is 8.68. The maximum absolute atomic E-state index is 13.9. The van der Waals surface area contributed by atoms with Gasteiger partial charge in [-0.05, 0) is 41.8 Å². The number of halogens is 1. The van der Waals surface area contributed by atoms with Crippen LogP contribution in [-0.4, -0.2) is 19.7 Å². The Hall–Kier alpha value is -2.27. The van der Waals surface area contributed by atoms with Gasteiger partial charge in [-0.3, -0.25) is 4.98 Å². The van der Waals surface area contributed by atoms with Crippen LogP contribution in [0.4, 0.5) is 4.39 Å². The number of aromatic nitrogens is 1. The molecule has 112 valence electrons. The highest BCUT2D eigenvalue weighted by Gasteiger charge is 2.18. The van der Waals surface area contributed by atoms with E-state index in [0.29, 0.717) is 12.1 Å². The summed E-state index contributed by atoms with van der Waals surface area (Å²) in [6.07, 6.45) is 7.34. The van der Waals surface area contributed by atoms with E-state index in [9.17, 15) is 12.8 Å². The molecule has 0 radical (unpaired) electrons. The number of pyridine rings is 1. The highest BCUT2D eigenvalue weighted by Crippen LogP contribution is 2.36. The maximum atomic E-state index is 13.9. The minimum atomic E-state index is -3.22. The van der Waals surface area contributed by atoms with Gasteiger partial charge in [0.1, 0.15) is 11.5 Å². The third-order valence-corrected chi connectivity index (χ3v) is 4.67. The number of sulfone groups is 1. The molecule has 1 aliphatic rings. The number of nitrogens with zero attached hydrogens (tertiary/aromatic N) is 1. The number of benzene rings is 1. The van der Waals surface area contributed by atoms with Gasteiger partial charge >= 0.3 is 0 Å². The molecule has 1 aromatic carbocycles. The van der Waals surface area contributed by atoms with Crippen molar-refractivity contribution in [2.75, 3.05) is 6.26 Å². The van der Waals surface area contributed by atoms with Gasteiger partial charge < -0.3 is 0 Å². The second kappa shape index (κ2) is 5.50. The molecule has 0 N–H and O–H groups in total. The fourth-order valence-corrected chi connectivity index (χ4v) is 3.11. The van der Waals surface area contributed by atoms with E-state index < -0.39 is 9.84 Å². The fraction of sp³-hybridized carbons (Fsp3) is 0.118. The van der Waals surface area contributed by atoms with Crippen LogP contribution in [-0.2, 0) is 9.84 Å². The van der Waals surface area contributed by atoms with Crippen LogP contribution in [0.5, 0.6) is 0 Å². The lowest BCUT2D eigenvalue weighted by molar-refractivity contribution is 0.602. The minimum absolute atomic E-state index is 0.268. The van der Waals surface area contributed by atoms with Crippen molar-refractivity contribution < 1.29 is 12.8 Å². The summed E-state index contributed by atoms with van der Waals surface area (Å²) in [6, 6.07) is 9.54. The molecule has 0 fully saturated rings. The molecule has 0 saturated carbocycles. The molecular weight excluding hydrogens is 301 g/mol. The van der Waals surface area contributed by atoms with E-state index in [1.165, 1.54) is 12.3 Å². The Morgan fingerprint density at radius 1 is 1.05 bits per heavy atom. The van der Waals surface area contributed by atoms with Crippen molar-refractivity contribution in [3.8, 4) is 0 Å². The first-order valence-electron chi connectivity index (χ1n) is 6.79. The Morgan fingerprint density at radius 2 is 1.73 bits per heavy atom. The lowest BCUT2D eigenvalue weighted by Gasteiger charge is -2.10. The van der Waals surface area contributed by atoms with Gasteiger partial charge in [0.15, 0.2) is 9.84 Å². The van der Waals surface area contributed by atoms with E-state index in [1.54, 1.807) is 36.5 Å². The summed E-state index contributed by atoms with van der Waals surface area (Å²) in [5, 5.41) is 0. The maximum Gasteiger partial charge on any atom is 0.175 e. The van der Waals surface area contributed by atoms with Gasteiger partial charge in [0.05, 0.1) is 4.90 Å². The summed E-state index contributed by atoms with van der Waals surface area (Å²) in [7, 11) is -3.22. The van der Waals surface area contributed by atoms with Crippen LogP contribution in [0.2, 0.25) is 0 Å². The number of hydrogen-bond acceptors (Lipinski definition) is 3. The summed E-state index contributed by atoms with van der Waals surface area (Å²) < 4.78 is 37.0. The first kappa shape index (κ1) is 14.7. The molecule has 3 rings (SSSR count). The van der Waals surface area contributed by atoms with Crippen LogP contribution in [0.15, 0.2) is 59.6 Å². The lowest BCUT2D eigenvalue weighted by Crippen LogP contribution is -1.98. The van der Waals surface area contributed by atoms with Crippen LogP contribution in [0.25, 0.3) is 11.1 Å². The van der Waals surface area contributed by atoms with Crippen molar-refractivity contribution in [1.82, 2.24) is 4.98 Å². The van der Waals surface area contributed by atoms with Crippen molar-refractivity contribution in [3.05, 3.63) is 71.8 Å². The molecular formula is C17H14FNO2S.